The van der Waals surface area contributed by atoms with Crippen molar-refractivity contribution < 1.29 is 10.2 Å². The van der Waals surface area contributed by atoms with Gasteiger partial charge in [-0.1, -0.05) is 101 Å². The van der Waals surface area contributed by atoms with Gasteiger partial charge in [0.2, 0.25) is 0 Å². The van der Waals surface area contributed by atoms with Gasteiger partial charge in [0, 0.05) is 5.56 Å². The summed E-state index contributed by atoms with van der Waals surface area (Å²) in [6.45, 7) is 4.43. The van der Waals surface area contributed by atoms with Crippen molar-refractivity contribution in [3.8, 4) is 11.5 Å². The summed E-state index contributed by atoms with van der Waals surface area (Å²) in [7, 11) is 0. The molecule has 26 heavy (non-hydrogen) atoms. The molecule has 0 bridgehead atoms. The SMILES string of the molecule is CCCCCCCCc1c(O)c(O)c(Cl)c(Cl)c1CCCCCCCC. The van der Waals surface area contributed by atoms with Crippen molar-refractivity contribution in [2.24, 2.45) is 0 Å². The Morgan fingerprint density at radius 2 is 0.962 bits per heavy atom. The summed E-state index contributed by atoms with van der Waals surface area (Å²) >= 11 is 12.5. The van der Waals surface area contributed by atoms with E-state index in [1.165, 1.54) is 51.4 Å². The lowest BCUT2D eigenvalue weighted by Gasteiger charge is -2.16. The number of benzene rings is 1. The van der Waals surface area contributed by atoms with Crippen LogP contribution in [0.25, 0.3) is 0 Å². The van der Waals surface area contributed by atoms with Gasteiger partial charge < -0.3 is 10.2 Å². The van der Waals surface area contributed by atoms with E-state index in [4.69, 9.17) is 23.2 Å². The average Bonchev–Trinajstić information content (AvgIpc) is 2.64. The predicted molar refractivity (Wildman–Crippen MR) is 114 cm³/mol. The molecular weight excluding hydrogens is 367 g/mol. The first-order chi connectivity index (χ1) is 12.5. The van der Waals surface area contributed by atoms with Crippen LogP contribution in [0.3, 0.4) is 0 Å². The molecule has 0 radical (unpaired) electrons. The zero-order valence-corrected chi connectivity index (χ0v) is 18.1. The highest BCUT2D eigenvalue weighted by molar-refractivity contribution is 6.43. The van der Waals surface area contributed by atoms with E-state index in [0.29, 0.717) is 5.02 Å². The standard InChI is InChI=1S/C22H36Cl2O2/c1-3-5-7-9-11-13-15-17-18(16-14-12-10-8-6-4-2)21(25)22(26)20(24)19(17)23/h25-26H,3-16H2,1-2H3. The second-order valence-corrected chi connectivity index (χ2v) is 8.07. The molecule has 150 valence electrons. The molecule has 1 aromatic carbocycles. The quantitative estimate of drug-likeness (QED) is 0.243. The molecule has 2 N–H and O–H groups in total. The minimum atomic E-state index is -0.274. The van der Waals surface area contributed by atoms with E-state index in [1.54, 1.807) is 0 Å². The molecule has 0 aliphatic rings. The van der Waals surface area contributed by atoms with Crippen molar-refractivity contribution in [1.29, 1.82) is 0 Å². The van der Waals surface area contributed by atoms with Crippen molar-refractivity contribution in [2.75, 3.05) is 0 Å². The van der Waals surface area contributed by atoms with Crippen LogP contribution >= 0.6 is 23.2 Å². The third kappa shape index (κ3) is 7.56. The van der Waals surface area contributed by atoms with E-state index in [9.17, 15) is 10.2 Å². The smallest absolute Gasteiger partial charge is 0.178 e. The molecular formula is C22H36Cl2O2. The van der Waals surface area contributed by atoms with E-state index in [2.05, 4.69) is 13.8 Å². The molecule has 2 nitrogen and oxygen atoms in total. The molecule has 0 saturated heterocycles. The van der Waals surface area contributed by atoms with Crippen molar-refractivity contribution >= 4 is 23.2 Å². The van der Waals surface area contributed by atoms with Crippen LogP contribution in [0.1, 0.15) is 102 Å². The second-order valence-electron chi connectivity index (χ2n) is 7.32. The number of hydrogen-bond acceptors (Lipinski definition) is 2. The monoisotopic (exact) mass is 402 g/mol. The molecule has 4 heteroatoms. The van der Waals surface area contributed by atoms with E-state index < -0.39 is 0 Å². The van der Waals surface area contributed by atoms with Crippen molar-refractivity contribution in [2.45, 2.75) is 104 Å². The number of phenolic OH excluding ortho intramolecular Hbond substituents is 2. The van der Waals surface area contributed by atoms with Crippen LogP contribution in [0.5, 0.6) is 11.5 Å². The number of unbranched alkanes of at least 4 members (excludes halogenated alkanes) is 10. The molecule has 0 fully saturated rings. The fourth-order valence-electron chi connectivity index (χ4n) is 3.45. The first-order valence-electron chi connectivity index (χ1n) is 10.4. The fraction of sp³-hybridized carbons (Fsp3) is 0.727. The lowest BCUT2D eigenvalue weighted by molar-refractivity contribution is 0.397. The molecule has 1 aromatic rings. The molecule has 0 aliphatic heterocycles. The van der Waals surface area contributed by atoms with Crippen LogP contribution < -0.4 is 0 Å². The van der Waals surface area contributed by atoms with Crippen LogP contribution in [0, 0.1) is 0 Å². The Labute approximate surface area is 169 Å². The molecule has 1 rings (SSSR count). The van der Waals surface area contributed by atoms with Gasteiger partial charge in [-0.05, 0) is 31.2 Å². The van der Waals surface area contributed by atoms with Gasteiger partial charge >= 0.3 is 0 Å². The van der Waals surface area contributed by atoms with E-state index in [1.807, 2.05) is 0 Å². The van der Waals surface area contributed by atoms with Crippen LogP contribution in [0.15, 0.2) is 0 Å². The molecule has 0 heterocycles. The second kappa shape index (κ2) is 13.6. The Morgan fingerprint density at radius 3 is 1.46 bits per heavy atom. The first kappa shape index (κ1) is 23.4. The zero-order valence-electron chi connectivity index (χ0n) is 16.5. The van der Waals surface area contributed by atoms with Gasteiger partial charge in [0.05, 0.1) is 5.02 Å². The number of halogens is 2. The fourth-order valence-corrected chi connectivity index (χ4v) is 3.95. The Morgan fingerprint density at radius 1 is 0.538 bits per heavy atom. The van der Waals surface area contributed by atoms with Crippen LogP contribution in [0.4, 0.5) is 0 Å². The normalized spacial score (nSPS) is 11.2. The molecule has 0 saturated carbocycles. The largest absolute Gasteiger partial charge is 0.504 e. The summed E-state index contributed by atoms with van der Waals surface area (Å²) in [6.07, 6.45) is 15.9. The topological polar surface area (TPSA) is 40.5 Å². The summed E-state index contributed by atoms with van der Waals surface area (Å²) in [4.78, 5) is 0. The zero-order chi connectivity index (χ0) is 19.4. The number of aromatic hydroxyl groups is 2. The summed E-state index contributed by atoms with van der Waals surface area (Å²) in [5, 5.41) is 21.0. The molecule has 0 atom stereocenters. The van der Waals surface area contributed by atoms with Crippen molar-refractivity contribution in [3.05, 3.63) is 21.2 Å². The Hall–Kier alpha value is -0.600. The highest BCUT2D eigenvalue weighted by atomic mass is 35.5. The van der Waals surface area contributed by atoms with Gasteiger partial charge in [0.1, 0.15) is 5.02 Å². The van der Waals surface area contributed by atoms with E-state index >= 15 is 0 Å². The Kier molecular flexibility index (Phi) is 12.2. The maximum absolute atomic E-state index is 10.4. The van der Waals surface area contributed by atoms with Crippen molar-refractivity contribution in [3.63, 3.8) is 0 Å². The highest BCUT2D eigenvalue weighted by Crippen LogP contribution is 2.45. The summed E-state index contributed by atoms with van der Waals surface area (Å²) in [5.41, 5.74) is 1.72. The predicted octanol–water partition coefficient (Wildman–Crippen LogP) is 8.21. The van der Waals surface area contributed by atoms with Crippen molar-refractivity contribution in [1.82, 2.24) is 0 Å². The summed E-state index contributed by atoms with van der Waals surface area (Å²) in [6, 6.07) is 0. The maximum atomic E-state index is 10.4. The van der Waals surface area contributed by atoms with Gasteiger partial charge in [0.25, 0.3) is 0 Å². The van der Waals surface area contributed by atoms with Gasteiger partial charge in [-0.2, -0.15) is 0 Å². The third-order valence-electron chi connectivity index (χ3n) is 5.10. The minimum Gasteiger partial charge on any atom is -0.504 e. The van der Waals surface area contributed by atoms with E-state index in [-0.39, 0.29) is 16.5 Å². The molecule has 0 aromatic heterocycles. The molecule has 0 amide bonds. The third-order valence-corrected chi connectivity index (χ3v) is 5.98. The maximum Gasteiger partial charge on any atom is 0.178 e. The number of rotatable bonds is 14. The molecule has 0 spiro atoms. The Balaban J connectivity index is 2.70. The number of phenols is 2. The van der Waals surface area contributed by atoms with Crippen LogP contribution in [-0.4, -0.2) is 10.2 Å². The van der Waals surface area contributed by atoms with Gasteiger partial charge in [-0.25, -0.2) is 0 Å². The average molecular weight is 403 g/mol. The van der Waals surface area contributed by atoms with Crippen LogP contribution in [0.2, 0.25) is 10.0 Å². The van der Waals surface area contributed by atoms with Crippen LogP contribution in [-0.2, 0) is 12.8 Å². The van der Waals surface area contributed by atoms with E-state index in [0.717, 1.165) is 49.7 Å². The summed E-state index contributed by atoms with van der Waals surface area (Å²) in [5.74, 6) is -0.349. The minimum absolute atomic E-state index is 0.0751. The molecule has 0 unspecified atom stereocenters. The van der Waals surface area contributed by atoms with Gasteiger partial charge in [0.15, 0.2) is 11.5 Å². The first-order valence-corrected chi connectivity index (χ1v) is 11.2. The molecule has 0 aliphatic carbocycles. The number of hydrogen-bond donors (Lipinski definition) is 2. The van der Waals surface area contributed by atoms with Gasteiger partial charge in [-0.3, -0.25) is 0 Å². The van der Waals surface area contributed by atoms with Gasteiger partial charge in [-0.15, -0.1) is 0 Å². The highest BCUT2D eigenvalue weighted by Gasteiger charge is 2.21. The summed E-state index contributed by atoms with van der Waals surface area (Å²) < 4.78 is 0. The lowest BCUT2D eigenvalue weighted by Crippen LogP contribution is -1.99. The Bertz CT molecular complexity index is 483. The lowest BCUT2D eigenvalue weighted by atomic mass is 9.95.